The summed E-state index contributed by atoms with van der Waals surface area (Å²) in [6.07, 6.45) is 2.21. The highest BCUT2D eigenvalue weighted by Gasteiger charge is 2.20. The molecule has 0 bridgehead atoms. The summed E-state index contributed by atoms with van der Waals surface area (Å²) in [7, 11) is 0. The maximum absolute atomic E-state index is 11.9. The molecule has 3 N–H and O–H groups in total. The topological polar surface area (TPSA) is 74.3 Å². The molecule has 0 saturated carbocycles. The quantitative estimate of drug-likeness (QED) is 0.288. The molecular weight excluding hydrogens is 447 g/mol. The number of hydrogen-bond acceptors (Lipinski definition) is 3. The number of para-hydroxylation sites is 1. The number of halogens is 2. The minimum Gasteiger partial charge on any atom is -0.489 e. The number of hydrogen-bond donors (Lipinski definition) is 3. The molecule has 0 radical (unpaired) electrons. The van der Waals surface area contributed by atoms with E-state index in [1.54, 1.807) is 18.2 Å². The highest BCUT2D eigenvalue weighted by Crippen LogP contribution is 2.25. The molecule has 0 aliphatic carbocycles. The predicted molar refractivity (Wildman–Crippen MR) is 128 cm³/mol. The molecule has 1 heterocycles. The van der Waals surface area contributed by atoms with Gasteiger partial charge in [0.1, 0.15) is 18.4 Å². The summed E-state index contributed by atoms with van der Waals surface area (Å²) in [5.74, 6) is -0.269. The van der Waals surface area contributed by atoms with Crippen LogP contribution in [0.1, 0.15) is 16.7 Å². The Morgan fingerprint density at radius 1 is 1.00 bits per heavy atom. The molecule has 0 fully saturated rings. The summed E-state index contributed by atoms with van der Waals surface area (Å²) in [5.41, 5.74) is 3.70. The lowest BCUT2D eigenvalue weighted by Gasteiger charge is -2.17. The zero-order valence-corrected chi connectivity index (χ0v) is 18.7. The number of carbonyl (C=O) groups is 1. The van der Waals surface area contributed by atoms with Crippen molar-refractivity contribution in [1.82, 2.24) is 10.3 Å². The van der Waals surface area contributed by atoms with Gasteiger partial charge in [0.15, 0.2) is 0 Å². The monoisotopic (exact) mass is 468 g/mol. The maximum Gasteiger partial charge on any atom is 0.321 e. The van der Waals surface area contributed by atoms with Crippen molar-refractivity contribution < 1.29 is 14.6 Å². The van der Waals surface area contributed by atoms with Crippen molar-refractivity contribution in [3.05, 3.63) is 99.7 Å². The molecule has 1 unspecified atom stereocenters. The Bertz CT molecular complexity index is 1220. The van der Waals surface area contributed by atoms with Gasteiger partial charge in [-0.05, 0) is 47.5 Å². The van der Waals surface area contributed by atoms with Crippen LogP contribution >= 0.6 is 23.2 Å². The standard InChI is InChI=1S/C25H22Cl2N2O3/c26-19-7-5-16(6-8-19)15-32-24-10-9-20(27)11-18(24)14-29-23(25(30)31)12-17-13-28-22-4-2-1-3-21(17)22/h1-11,13,23,28-29H,12,14-15H2,(H,30,31). The molecule has 4 rings (SSSR count). The van der Waals surface area contributed by atoms with Gasteiger partial charge in [0.2, 0.25) is 0 Å². The highest BCUT2D eigenvalue weighted by molar-refractivity contribution is 6.30. The van der Waals surface area contributed by atoms with Gasteiger partial charge < -0.3 is 14.8 Å². The van der Waals surface area contributed by atoms with Crippen LogP contribution in [0.2, 0.25) is 10.0 Å². The number of aromatic nitrogens is 1. The Morgan fingerprint density at radius 2 is 1.75 bits per heavy atom. The fraction of sp³-hybridized carbons (Fsp3) is 0.160. The maximum atomic E-state index is 11.9. The number of rotatable bonds is 9. The van der Waals surface area contributed by atoms with E-state index in [1.165, 1.54) is 0 Å². The van der Waals surface area contributed by atoms with Crippen LogP contribution in [0, 0.1) is 0 Å². The van der Waals surface area contributed by atoms with Crippen molar-refractivity contribution in [2.45, 2.75) is 25.6 Å². The van der Waals surface area contributed by atoms with E-state index in [4.69, 9.17) is 27.9 Å². The van der Waals surface area contributed by atoms with E-state index in [0.29, 0.717) is 35.4 Å². The molecule has 3 aromatic carbocycles. The number of fused-ring (bicyclic) bond motifs is 1. The first-order chi connectivity index (χ1) is 15.5. The van der Waals surface area contributed by atoms with Gasteiger partial charge in [-0.3, -0.25) is 10.1 Å². The van der Waals surface area contributed by atoms with E-state index in [2.05, 4.69) is 10.3 Å². The third-order valence-electron chi connectivity index (χ3n) is 5.27. The van der Waals surface area contributed by atoms with Crippen molar-refractivity contribution in [2.75, 3.05) is 0 Å². The van der Waals surface area contributed by atoms with Crippen LogP contribution in [0.25, 0.3) is 10.9 Å². The van der Waals surface area contributed by atoms with Gasteiger partial charge in [-0.2, -0.15) is 0 Å². The van der Waals surface area contributed by atoms with Crippen LogP contribution in [0.3, 0.4) is 0 Å². The zero-order chi connectivity index (χ0) is 22.5. The SMILES string of the molecule is O=C(O)C(Cc1c[nH]c2ccccc12)NCc1cc(Cl)ccc1OCc1ccc(Cl)cc1. The Balaban J connectivity index is 1.46. The normalized spacial score (nSPS) is 12.1. The van der Waals surface area contributed by atoms with Gasteiger partial charge in [0.05, 0.1) is 0 Å². The first-order valence-corrected chi connectivity index (χ1v) is 10.9. The van der Waals surface area contributed by atoms with Crippen molar-refractivity contribution >= 4 is 40.1 Å². The van der Waals surface area contributed by atoms with Gasteiger partial charge in [-0.1, -0.05) is 53.5 Å². The number of benzene rings is 3. The van der Waals surface area contributed by atoms with Gasteiger partial charge >= 0.3 is 5.97 Å². The van der Waals surface area contributed by atoms with Crippen molar-refractivity contribution in [3.8, 4) is 5.75 Å². The third-order valence-corrected chi connectivity index (χ3v) is 5.75. The Labute approximate surface area is 195 Å². The second-order valence-electron chi connectivity index (χ2n) is 7.50. The molecule has 0 aliphatic rings. The number of carboxylic acids is 1. The lowest BCUT2D eigenvalue weighted by Crippen LogP contribution is -2.38. The van der Waals surface area contributed by atoms with E-state index < -0.39 is 12.0 Å². The summed E-state index contributed by atoms with van der Waals surface area (Å²) < 4.78 is 5.98. The summed E-state index contributed by atoms with van der Waals surface area (Å²) >= 11 is 12.1. The number of ether oxygens (including phenoxy) is 1. The van der Waals surface area contributed by atoms with Crippen molar-refractivity contribution in [2.24, 2.45) is 0 Å². The fourth-order valence-corrected chi connectivity index (χ4v) is 3.89. The molecule has 1 atom stereocenters. The van der Waals surface area contributed by atoms with Gasteiger partial charge in [-0.15, -0.1) is 0 Å². The second kappa shape index (κ2) is 10.1. The molecule has 32 heavy (non-hydrogen) atoms. The molecule has 164 valence electrons. The average Bonchev–Trinajstić information content (AvgIpc) is 3.19. The van der Waals surface area contributed by atoms with Crippen LogP contribution in [-0.2, 0) is 24.4 Å². The van der Waals surface area contributed by atoms with Gasteiger partial charge in [0.25, 0.3) is 0 Å². The van der Waals surface area contributed by atoms with Gasteiger partial charge in [0, 0.05) is 45.7 Å². The van der Waals surface area contributed by atoms with E-state index in [-0.39, 0.29) is 0 Å². The zero-order valence-electron chi connectivity index (χ0n) is 17.1. The van der Waals surface area contributed by atoms with E-state index >= 15 is 0 Å². The largest absolute Gasteiger partial charge is 0.489 e. The lowest BCUT2D eigenvalue weighted by atomic mass is 10.0. The number of aromatic amines is 1. The smallest absolute Gasteiger partial charge is 0.321 e. The molecule has 4 aromatic rings. The number of nitrogens with one attached hydrogen (secondary N) is 2. The summed E-state index contributed by atoms with van der Waals surface area (Å²) in [4.78, 5) is 15.1. The van der Waals surface area contributed by atoms with Crippen molar-refractivity contribution in [3.63, 3.8) is 0 Å². The molecule has 5 nitrogen and oxygen atoms in total. The fourth-order valence-electron chi connectivity index (χ4n) is 3.57. The molecule has 1 aromatic heterocycles. The third kappa shape index (κ3) is 5.43. The van der Waals surface area contributed by atoms with Crippen LogP contribution in [0.5, 0.6) is 5.75 Å². The van der Waals surface area contributed by atoms with Crippen LogP contribution in [0.15, 0.2) is 72.9 Å². The Kier molecular flexibility index (Phi) is 7.00. The van der Waals surface area contributed by atoms with Crippen LogP contribution < -0.4 is 10.1 Å². The number of H-pyrrole nitrogens is 1. The molecule has 0 spiro atoms. The first kappa shape index (κ1) is 22.2. The number of carboxylic acid groups (broad SMARTS) is 1. The van der Waals surface area contributed by atoms with Crippen molar-refractivity contribution in [1.29, 1.82) is 0 Å². The minimum absolute atomic E-state index is 0.301. The molecule has 0 saturated heterocycles. The molecule has 0 amide bonds. The number of aliphatic carboxylic acids is 1. The van der Waals surface area contributed by atoms with Crippen LogP contribution in [-0.4, -0.2) is 22.1 Å². The molecule has 7 heteroatoms. The summed E-state index contributed by atoms with van der Waals surface area (Å²) in [6.45, 7) is 0.666. The first-order valence-electron chi connectivity index (χ1n) is 10.2. The summed E-state index contributed by atoms with van der Waals surface area (Å²) in [6, 6.07) is 19.8. The molecular formula is C25H22Cl2N2O3. The lowest BCUT2D eigenvalue weighted by molar-refractivity contribution is -0.139. The Hall–Kier alpha value is -2.99. The van der Waals surface area contributed by atoms with E-state index in [9.17, 15) is 9.90 Å². The van der Waals surface area contributed by atoms with E-state index in [0.717, 1.165) is 27.6 Å². The van der Waals surface area contributed by atoms with E-state index in [1.807, 2.05) is 54.7 Å². The second-order valence-corrected chi connectivity index (χ2v) is 8.38. The summed E-state index contributed by atoms with van der Waals surface area (Å²) in [5, 5.41) is 15.2. The predicted octanol–water partition coefficient (Wildman–Crippen LogP) is 5.84. The minimum atomic E-state index is -0.916. The highest BCUT2D eigenvalue weighted by atomic mass is 35.5. The van der Waals surface area contributed by atoms with Crippen LogP contribution in [0.4, 0.5) is 0 Å². The van der Waals surface area contributed by atoms with Gasteiger partial charge in [-0.25, -0.2) is 0 Å². The average molecular weight is 469 g/mol. The molecule has 0 aliphatic heterocycles. The Morgan fingerprint density at radius 3 is 2.53 bits per heavy atom.